The number of anilines is 1. The first-order valence-electron chi connectivity index (χ1n) is 10.3. The molecule has 1 aliphatic heterocycles. The number of allylic oxidation sites excluding steroid dienone is 3. The predicted octanol–water partition coefficient (Wildman–Crippen LogP) is 3.40. The molecular formula is C24H19N5O4. The van der Waals surface area contributed by atoms with Crippen molar-refractivity contribution in [2.45, 2.75) is 0 Å². The molecule has 0 saturated heterocycles. The molecule has 3 heterocycles. The van der Waals surface area contributed by atoms with Gasteiger partial charge in [0.15, 0.2) is 0 Å². The van der Waals surface area contributed by atoms with Crippen LogP contribution in [0.1, 0.15) is 15.9 Å². The topological polar surface area (TPSA) is 118 Å². The van der Waals surface area contributed by atoms with Crippen LogP contribution in [-0.4, -0.2) is 39.7 Å². The number of pyridine rings is 1. The van der Waals surface area contributed by atoms with E-state index in [1.807, 2.05) is 30.4 Å². The predicted molar refractivity (Wildman–Crippen MR) is 121 cm³/mol. The zero-order chi connectivity index (χ0) is 22.8. The number of fused-ring (bicyclic) bond motifs is 2. The van der Waals surface area contributed by atoms with Crippen LogP contribution in [-0.2, 0) is 4.79 Å². The fourth-order valence-corrected chi connectivity index (χ4v) is 3.73. The van der Waals surface area contributed by atoms with Crippen molar-refractivity contribution in [1.29, 1.82) is 0 Å². The SMILES string of the molecule is O=C(Nc1ccc(C2=C3C=CC=CC3C(=O)N=N2)cc1)c1cnn2ccc(OCCO)cc12. The highest BCUT2D eigenvalue weighted by Gasteiger charge is 2.27. The number of azo groups is 1. The standard InChI is InChI=1S/C24H19N5O4/c30-11-12-33-17-9-10-29-21(13-17)20(14-25-29)23(31)26-16-7-5-15(6-8-16)22-18-3-1-2-4-19(18)24(32)28-27-22/h1-10,13-14,19,30H,11-12H2,(H,26,31). The molecule has 1 aliphatic carbocycles. The second kappa shape index (κ2) is 8.64. The van der Waals surface area contributed by atoms with Gasteiger partial charge in [-0.1, -0.05) is 36.4 Å². The lowest BCUT2D eigenvalue weighted by molar-refractivity contribution is -0.119. The zero-order valence-electron chi connectivity index (χ0n) is 17.4. The van der Waals surface area contributed by atoms with Gasteiger partial charge in [-0.2, -0.15) is 5.10 Å². The Bertz CT molecular complexity index is 1370. The number of aliphatic hydroxyl groups is 1. The summed E-state index contributed by atoms with van der Waals surface area (Å²) in [6, 6.07) is 10.6. The van der Waals surface area contributed by atoms with E-state index in [-0.39, 0.29) is 25.0 Å². The maximum absolute atomic E-state index is 12.9. The van der Waals surface area contributed by atoms with Crippen LogP contribution in [0.2, 0.25) is 0 Å². The van der Waals surface area contributed by atoms with Crippen LogP contribution in [0, 0.1) is 5.92 Å². The minimum absolute atomic E-state index is 0.0997. The van der Waals surface area contributed by atoms with Crippen LogP contribution in [0.3, 0.4) is 0 Å². The van der Waals surface area contributed by atoms with Crippen molar-refractivity contribution in [3.8, 4) is 5.75 Å². The minimum Gasteiger partial charge on any atom is -0.491 e. The molecule has 33 heavy (non-hydrogen) atoms. The largest absolute Gasteiger partial charge is 0.491 e. The van der Waals surface area contributed by atoms with Gasteiger partial charge in [-0.25, -0.2) is 4.52 Å². The molecule has 5 rings (SSSR count). The van der Waals surface area contributed by atoms with Crippen LogP contribution < -0.4 is 10.1 Å². The Labute approximate surface area is 188 Å². The first kappa shape index (κ1) is 20.5. The van der Waals surface area contributed by atoms with Crippen LogP contribution in [0.15, 0.2) is 88.9 Å². The Balaban J connectivity index is 1.36. The average molecular weight is 441 g/mol. The van der Waals surface area contributed by atoms with E-state index < -0.39 is 5.92 Å². The van der Waals surface area contributed by atoms with E-state index in [1.165, 1.54) is 6.20 Å². The number of carbonyl (C=O) groups is 2. The summed E-state index contributed by atoms with van der Waals surface area (Å²) in [5.74, 6) is -0.474. The van der Waals surface area contributed by atoms with Crippen LogP contribution in [0.4, 0.5) is 5.69 Å². The number of rotatable bonds is 6. The molecule has 0 radical (unpaired) electrons. The molecule has 2 aromatic heterocycles. The summed E-state index contributed by atoms with van der Waals surface area (Å²) in [6.07, 6.45) is 10.5. The van der Waals surface area contributed by atoms with Gasteiger partial charge >= 0.3 is 0 Å². The zero-order valence-corrected chi connectivity index (χ0v) is 17.4. The molecule has 9 nitrogen and oxygen atoms in total. The number of aliphatic hydroxyl groups excluding tert-OH is 1. The molecule has 0 saturated carbocycles. The van der Waals surface area contributed by atoms with E-state index in [1.54, 1.807) is 41.1 Å². The highest BCUT2D eigenvalue weighted by atomic mass is 16.5. The van der Waals surface area contributed by atoms with Crippen molar-refractivity contribution in [3.63, 3.8) is 0 Å². The molecule has 1 aromatic carbocycles. The van der Waals surface area contributed by atoms with Gasteiger partial charge in [-0.15, -0.1) is 10.2 Å². The van der Waals surface area contributed by atoms with Gasteiger partial charge in [0, 0.05) is 23.5 Å². The van der Waals surface area contributed by atoms with Gasteiger partial charge in [0.1, 0.15) is 12.4 Å². The first-order chi connectivity index (χ1) is 16.1. The normalized spacial score (nSPS) is 16.9. The molecule has 3 aromatic rings. The Kier molecular flexibility index (Phi) is 5.37. The van der Waals surface area contributed by atoms with Crippen molar-refractivity contribution in [3.05, 3.63) is 89.8 Å². The molecule has 2 aliphatic rings. The Morgan fingerprint density at radius 3 is 2.82 bits per heavy atom. The van der Waals surface area contributed by atoms with Gasteiger partial charge in [-0.05, 0) is 23.8 Å². The quantitative estimate of drug-likeness (QED) is 0.608. The van der Waals surface area contributed by atoms with E-state index in [0.29, 0.717) is 28.2 Å². The molecule has 0 bridgehead atoms. The number of hydrogen-bond acceptors (Lipinski definition) is 6. The van der Waals surface area contributed by atoms with E-state index >= 15 is 0 Å². The van der Waals surface area contributed by atoms with Crippen molar-refractivity contribution in [2.24, 2.45) is 16.1 Å². The Hall–Kier alpha value is -4.37. The molecule has 0 fully saturated rings. The summed E-state index contributed by atoms with van der Waals surface area (Å²) < 4.78 is 7.01. The highest BCUT2D eigenvalue weighted by molar-refractivity contribution is 6.09. The fraction of sp³-hybridized carbons (Fsp3) is 0.125. The number of ether oxygens (including phenoxy) is 1. The number of aromatic nitrogens is 2. The van der Waals surface area contributed by atoms with E-state index in [9.17, 15) is 9.59 Å². The van der Waals surface area contributed by atoms with Crippen LogP contribution >= 0.6 is 0 Å². The van der Waals surface area contributed by atoms with Crippen LogP contribution in [0.5, 0.6) is 5.75 Å². The average Bonchev–Trinajstić information content (AvgIpc) is 3.27. The van der Waals surface area contributed by atoms with E-state index in [2.05, 4.69) is 20.6 Å². The van der Waals surface area contributed by atoms with E-state index in [0.717, 1.165) is 11.1 Å². The number of amides is 2. The number of carbonyl (C=O) groups excluding carboxylic acids is 2. The Morgan fingerprint density at radius 2 is 2.00 bits per heavy atom. The molecule has 1 unspecified atom stereocenters. The fourth-order valence-electron chi connectivity index (χ4n) is 3.73. The summed E-state index contributed by atoms with van der Waals surface area (Å²) in [5.41, 5.74) is 3.81. The number of benzene rings is 1. The van der Waals surface area contributed by atoms with Crippen molar-refractivity contribution in [1.82, 2.24) is 9.61 Å². The third-order valence-corrected chi connectivity index (χ3v) is 5.33. The van der Waals surface area contributed by atoms with Crippen molar-refractivity contribution < 1.29 is 19.4 Å². The minimum atomic E-state index is -0.413. The van der Waals surface area contributed by atoms with Crippen molar-refractivity contribution >= 4 is 28.7 Å². The second-order valence-electron chi connectivity index (χ2n) is 7.42. The molecular weight excluding hydrogens is 422 g/mol. The third kappa shape index (κ3) is 3.97. The molecule has 1 atom stereocenters. The smallest absolute Gasteiger partial charge is 0.276 e. The van der Waals surface area contributed by atoms with E-state index in [4.69, 9.17) is 9.84 Å². The first-order valence-corrected chi connectivity index (χ1v) is 10.3. The maximum Gasteiger partial charge on any atom is 0.276 e. The molecule has 2 N–H and O–H groups in total. The number of nitrogens with one attached hydrogen (secondary N) is 1. The van der Waals surface area contributed by atoms with Gasteiger partial charge in [0.2, 0.25) is 0 Å². The summed E-state index contributed by atoms with van der Waals surface area (Å²) in [6.45, 7) is 0.0639. The maximum atomic E-state index is 12.9. The Morgan fingerprint density at radius 1 is 1.15 bits per heavy atom. The molecule has 0 spiro atoms. The lowest BCUT2D eigenvalue weighted by Crippen LogP contribution is -2.17. The van der Waals surface area contributed by atoms with Gasteiger partial charge in [0.05, 0.1) is 35.5 Å². The second-order valence-corrected chi connectivity index (χ2v) is 7.42. The number of nitrogens with zero attached hydrogens (tertiary/aromatic N) is 4. The van der Waals surface area contributed by atoms with Gasteiger partial charge in [0.25, 0.3) is 11.8 Å². The van der Waals surface area contributed by atoms with Crippen molar-refractivity contribution in [2.75, 3.05) is 18.5 Å². The lowest BCUT2D eigenvalue weighted by Gasteiger charge is -2.19. The highest BCUT2D eigenvalue weighted by Crippen LogP contribution is 2.34. The summed E-state index contributed by atoms with van der Waals surface area (Å²) in [5, 5.41) is 23.9. The lowest BCUT2D eigenvalue weighted by atomic mass is 9.89. The van der Waals surface area contributed by atoms with Gasteiger partial charge < -0.3 is 15.2 Å². The summed E-state index contributed by atoms with van der Waals surface area (Å²) in [4.78, 5) is 24.9. The molecule has 164 valence electrons. The molecule has 2 amide bonds. The third-order valence-electron chi connectivity index (χ3n) is 5.33. The van der Waals surface area contributed by atoms with Gasteiger partial charge in [-0.3, -0.25) is 9.59 Å². The number of hydrogen-bond donors (Lipinski definition) is 2. The summed E-state index contributed by atoms with van der Waals surface area (Å²) in [7, 11) is 0. The van der Waals surface area contributed by atoms with Crippen LogP contribution in [0.25, 0.3) is 11.2 Å². The molecule has 9 heteroatoms. The summed E-state index contributed by atoms with van der Waals surface area (Å²) >= 11 is 0. The monoisotopic (exact) mass is 441 g/mol.